The molecule has 2 aromatic carbocycles. The molecular formula is C23H27N3O3. The van der Waals surface area contributed by atoms with Gasteiger partial charge in [-0.2, -0.15) is 0 Å². The van der Waals surface area contributed by atoms with E-state index >= 15 is 0 Å². The molecule has 1 atom stereocenters. The van der Waals surface area contributed by atoms with E-state index in [1.165, 1.54) is 0 Å². The van der Waals surface area contributed by atoms with Crippen LogP contribution in [-0.2, 0) is 22.6 Å². The third kappa shape index (κ3) is 5.68. The second-order valence-corrected chi connectivity index (χ2v) is 7.05. The monoisotopic (exact) mass is 393 g/mol. The Morgan fingerprint density at radius 1 is 0.966 bits per heavy atom. The Kier molecular flexibility index (Phi) is 7.03. The van der Waals surface area contributed by atoms with Gasteiger partial charge in [0, 0.05) is 25.3 Å². The van der Waals surface area contributed by atoms with Crippen LogP contribution < -0.4 is 10.6 Å². The Labute approximate surface area is 171 Å². The number of amides is 2. The van der Waals surface area contributed by atoms with E-state index in [2.05, 4.69) is 39.8 Å². The summed E-state index contributed by atoms with van der Waals surface area (Å²) in [4.78, 5) is 26.8. The van der Waals surface area contributed by atoms with Crippen molar-refractivity contribution in [1.29, 1.82) is 0 Å². The first kappa shape index (κ1) is 20.6. The van der Waals surface area contributed by atoms with E-state index in [-0.39, 0.29) is 12.6 Å². The Bertz CT molecular complexity index is 824. The number of carbonyl (C=O) groups excluding carboxylic acids is 2. The number of rotatable bonds is 8. The van der Waals surface area contributed by atoms with Gasteiger partial charge in [-0.1, -0.05) is 60.7 Å². The maximum atomic E-state index is 12.5. The second kappa shape index (κ2) is 9.89. The Hall–Kier alpha value is -3.12. The number of hydrogen-bond acceptors (Lipinski definition) is 4. The van der Waals surface area contributed by atoms with E-state index in [1.54, 1.807) is 13.8 Å². The summed E-state index contributed by atoms with van der Waals surface area (Å²) in [5, 5.41) is 5.57. The SMILES string of the molecule is CCOC(=O)C1=C(CN(Cc2ccccc2)Cc2ccccc2)NC(=O)NC1C. The summed E-state index contributed by atoms with van der Waals surface area (Å²) >= 11 is 0. The highest BCUT2D eigenvalue weighted by Crippen LogP contribution is 2.18. The van der Waals surface area contributed by atoms with Gasteiger partial charge in [0.25, 0.3) is 0 Å². The molecule has 1 heterocycles. The molecule has 2 aromatic rings. The van der Waals surface area contributed by atoms with Crippen molar-refractivity contribution in [2.75, 3.05) is 13.2 Å². The van der Waals surface area contributed by atoms with Crippen LogP contribution in [0.15, 0.2) is 71.9 Å². The summed E-state index contributed by atoms with van der Waals surface area (Å²) in [6, 6.07) is 19.6. The van der Waals surface area contributed by atoms with Crippen LogP contribution in [0.3, 0.4) is 0 Å². The number of nitrogens with one attached hydrogen (secondary N) is 2. The van der Waals surface area contributed by atoms with Crippen molar-refractivity contribution in [1.82, 2.24) is 15.5 Å². The molecule has 6 heteroatoms. The Morgan fingerprint density at radius 3 is 2.03 bits per heavy atom. The van der Waals surface area contributed by atoms with E-state index < -0.39 is 12.0 Å². The molecule has 29 heavy (non-hydrogen) atoms. The van der Waals surface area contributed by atoms with E-state index in [1.807, 2.05) is 36.4 Å². The van der Waals surface area contributed by atoms with Crippen molar-refractivity contribution in [3.8, 4) is 0 Å². The van der Waals surface area contributed by atoms with Crippen molar-refractivity contribution in [2.24, 2.45) is 0 Å². The van der Waals surface area contributed by atoms with Crippen LogP contribution in [0.1, 0.15) is 25.0 Å². The molecule has 0 saturated carbocycles. The molecule has 1 unspecified atom stereocenters. The number of urea groups is 1. The molecular weight excluding hydrogens is 366 g/mol. The van der Waals surface area contributed by atoms with Gasteiger partial charge in [0.1, 0.15) is 0 Å². The third-order valence-electron chi connectivity index (χ3n) is 4.75. The number of benzene rings is 2. The van der Waals surface area contributed by atoms with Gasteiger partial charge in [0.2, 0.25) is 0 Å². The minimum absolute atomic E-state index is 0.286. The minimum atomic E-state index is -0.409. The second-order valence-electron chi connectivity index (χ2n) is 7.05. The molecule has 0 aliphatic carbocycles. The van der Waals surface area contributed by atoms with Gasteiger partial charge >= 0.3 is 12.0 Å². The lowest BCUT2D eigenvalue weighted by Gasteiger charge is -2.30. The number of nitrogens with zero attached hydrogens (tertiary/aromatic N) is 1. The summed E-state index contributed by atoms with van der Waals surface area (Å²) in [5.41, 5.74) is 3.38. The fourth-order valence-electron chi connectivity index (χ4n) is 3.48. The van der Waals surface area contributed by atoms with Crippen molar-refractivity contribution in [2.45, 2.75) is 33.0 Å². The predicted molar refractivity (Wildman–Crippen MR) is 112 cm³/mol. The standard InChI is InChI=1S/C23H27N3O3/c1-3-29-22(27)21-17(2)24-23(28)25-20(21)16-26(14-18-10-6-4-7-11-18)15-19-12-8-5-9-13-19/h4-13,17H,3,14-16H2,1-2H3,(H2,24,25,28). The lowest BCUT2D eigenvalue weighted by atomic mass is 10.0. The van der Waals surface area contributed by atoms with E-state index in [9.17, 15) is 9.59 Å². The predicted octanol–water partition coefficient (Wildman–Crippen LogP) is 3.21. The smallest absolute Gasteiger partial charge is 0.337 e. The van der Waals surface area contributed by atoms with Gasteiger partial charge in [0.05, 0.1) is 18.2 Å². The Morgan fingerprint density at radius 2 is 1.52 bits per heavy atom. The van der Waals surface area contributed by atoms with Crippen molar-refractivity contribution in [3.05, 3.63) is 83.1 Å². The third-order valence-corrected chi connectivity index (χ3v) is 4.75. The molecule has 6 nitrogen and oxygen atoms in total. The summed E-state index contributed by atoms with van der Waals surface area (Å²) in [6.45, 7) is 5.65. The van der Waals surface area contributed by atoms with Gasteiger partial charge in [-0.25, -0.2) is 9.59 Å². The topological polar surface area (TPSA) is 70.7 Å². The molecule has 0 spiro atoms. The van der Waals surface area contributed by atoms with Crippen LogP contribution >= 0.6 is 0 Å². The van der Waals surface area contributed by atoms with Gasteiger partial charge in [-0.15, -0.1) is 0 Å². The van der Waals surface area contributed by atoms with Crippen LogP contribution in [0, 0.1) is 0 Å². The highest BCUT2D eigenvalue weighted by atomic mass is 16.5. The van der Waals surface area contributed by atoms with Crippen LogP contribution in [0.5, 0.6) is 0 Å². The molecule has 0 aromatic heterocycles. The highest BCUT2D eigenvalue weighted by Gasteiger charge is 2.30. The maximum absolute atomic E-state index is 12.5. The zero-order valence-corrected chi connectivity index (χ0v) is 16.9. The van der Waals surface area contributed by atoms with Gasteiger partial charge < -0.3 is 15.4 Å². The zero-order valence-electron chi connectivity index (χ0n) is 16.9. The minimum Gasteiger partial charge on any atom is -0.463 e. The molecule has 0 fully saturated rings. The number of ether oxygens (including phenoxy) is 1. The molecule has 1 aliphatic heterocycles. The molecule has 0 bridgehead atoms. The van der Waals surface area contributed by atoms with Crippen molar-refractivity contribution >= 4 is 12.0 Å². The summed E-state index contributed by atoms with van der Waals surface area (Å²) < 4.78 is 5.23. The van der Waals surface area contributed by atoms with Crippen LogP contribution in [0.2, 0.25) is 0 Å². The first-order valence-corrected chi connectivity index (χ1v) is 9.84. The first-order valence-electron chi connectivity index (χ1n) is 9.84. The van der Waals surface area contributed by atoms with Gasteiger partial charge in [-0.3, -0.25) is 4.90 Å². The summed E-state index contributed by atoms with van der Waals surface area (Å²) in [5.74, 6) is -0.401. The first-order chi connectivity index (χ1) is 14.1. The van der Waals surface area contributed by atoms with Crippen LogP contribution in [0.4, 0.5) is 4.79 Å². The normalized spacial score (nSPS) is 16.4. The van der Waals surface area contributed by atoms with Gasteiger partial charge in [-0.05, 0) is 25.0 Å². The number of esters is 1. The van der Waals surface area contributed by atoms with Crippen LogP contribution in [0.25, 0.3) is 0 Å². The zero-order chi connectivity index (χ0) is 20.6. The molecule has 152 valence electrons. The van der Waals surface area contributed by atoms with E-state index in [4.69, 9.17) is 4.74 Å². The quantitative estimate of drug-likeness (QED) is 0.676. The molecule has 2 N–H and O–H groups in total. The largest absolute Gasteiger partial charge is 0.463 e. The van der Waals surface area contributed by atoms with Gasteiger partial charge in [0.15, 0.2) is 0 Å². The van der Waals surface area contributed by atoms with Crippen molar-refractivity contribution < 1.29 is 14.3 Å². The molecule has 0 saturated heterocycles. The lowest BCUT2D eigenvalue weighted by Crippen LogP contribution is -2.51. The van der Waals surface area contributed by atoms with Crippen molar-refractivity contribution in [3.63, 3.8) is 0 Å². The van der Waals surface area contributed by atoms with Crippen LogP contribution in [-0.4, -0.2) is 36.1 Å². The fourth-order valence-corrected chi connectivity index (χ4v) is 3.48. The Balaban J connectivity index is 1.89. The average molecular weight is 393 g/mol. The molecule has 2 amide bonds. The highest BCUT2D eigenvalue weighted by molar-refractivity contribution is 5.94. The van der Waals surface area contributed by atoms with E-state index in [0.29, 0.717) is 30.9 Å². The maximum Gasteiger partial charge on any atom is 0.337 e. The van der Waals surface area contributed by atoms with E-state index in [0.717, 1.165) is 11.1 Å². The molecule has 1 aliphatic rings. The molecule has 3 rings (SSSR count). The average Bonchev–Trinajstić information content (AvgIpc) is 2.69. The summed E-state index contributed by atoms with van der Waals surface area (Å²) in [7, 11) is 0. The summed E-state index contributed by atoms with van der Waals surface area (Å²) in [6.07, 6.45) is 0. The fraction of sp³-hybridized carbons (Fsp3) is 0.304. The lowest BCUT2D eigenvalue weighted by molar-refractivity contribution is -0.139. The number of carbonyl (C=O) groups is 2. The molecule has 0 radical (unpaired) electrons. The number of hydrogen-bond donors (Lipinski definition) is 2.